The number of rotatable bonds is 1. The molecular formula is C16H25N3O2S. The van der Waals surface area contributed by atoms with E-state index < -0.39 is 5.60 Å². The summed E-state index contributed by atoms with van der Waals surface area (Å²) in [6.45, 7) is 7.06. The lowest BCUT2D eigenvalue weighted by Crippen LogP contribution is -2.40. The number of ether oxygens (including phenoxy) is 1. The van der Waals surface area contributed by atoms with Crippen molar-refractivity contribution in [2.45, 2.75) is 58.2 Å². The van der Waals surface area contributed by atoms with Crippen LogP contribution in [0.3, 0.4) is 0 Å². The number of carbonyl (C=O) groups excluding carboxylic acids is 1. The van der Waals surface area contributed by atoms with Gasteiger partial charge >= 0.3 is 6.09 Å². The van der Waals surface area contributed by atoms with Gasteiger partial charge in [0, 0.05) is 6.54 Å². The van der Waals surface area contributed by atoms with Crippen molar-refractivity contribution in [2.24, 2.45) is 0 Å². The van der Waals surface area contributed by atoms with Crippen LogP contribution in [0.25, 0.3) is 0 Å². The zero-order valence-electron chi connectivity index (χ0n) is 13.7. The number of aromatic nitrogens is 2. The fraction of sp³-hybridized carbons (Fsp3) is 0.750. The van der Waals surface area contributed by atoms with E-state index >= 15 is 0 Å². The Kier molecular flexibility index (Phi) is 4.39. The van der Waals surface area contributed by atoms with Crippen molar-refractivity contribution >= 4 is 17.9 Å². The predicted octanol–water partition coefficient (Wildman–Crippen LogP) is 3.24. The Hall–Kier alpha value is -1.17. The molecule has 2 aliphatic rings. The Morgan fingerprint density at radius 1 is 1.36 bits per heavy atom. The topological polar surface area (TPSA) is 47.4 Å². The van der Waals surface area contributed by atoms with E-state index in [1.54, 1.807) is 0 Å². The lowest BCUT2D eigenvalue weighted by Gasteiger charge is -2.32. The number of hydrogen-bond donors (Lipinski definition) is 0. The highest BCUT2D eigenvalue weighted by Gasteiger charge is 2.29. The smallest absolute Gasteiger partial charge is 0.410 e. The van der Waals surface area contributed by atoms with Gasteiger partial charge in [-0.1, -0.05) is 0 Å². The first kappa shape index (κ1) is 15.7. The highest BCUT2D eigenvalue weighted by Crippen LogP contribution is 2.30. The first-order valence-corrected chi connectivity index (χ1v) is 9.20. The number of nitrogens with zero attached hydrogens (tertiary/aromatic N) is 3. The van der Waals surface area contributed by atoms with Crippen molar-refractivity contribution in [2.75, 3.05) is 18.1 Å². The summed E-state index contributed by atoms with van der Waals surface area (Å²) >= 11 is 2.02. The molecule has 0 saturated carbocycles. The van der Waals surface area contributed by atoms with Crippen molar-refractivity contribution in [1.29, 1.82) is 0 Å². The lowest BCUT2D eigenvalue weighted by molar-refractivity contribution is 0.0217. The van der Waals surface area contributed by atoms with Crippen LogP contribution >= 0.6 is 11.8 Å². The summed E-state index contributed by atoms with van der Waals surface area (Å²) in [5, 5.41) is 4.62. The number of amides is 1. The third kappa shape index (κ3) is 3.42. The maximum atomic E-state index is 12.3. The Morgan fingerprint density at radius 3 is 2.77 bits per heavy atom. The van der Waals surface area contributed by atoms with Crippen molar-refractivity contribution in [3.63, 3.8) is 0 Å². The van der Waals surface area contributed by atoms with Crippen LogP contribution in [0.2, 0.25) is 0 Å². The van der Waals surface area contributed by atoms with Crippen LogP contribution in [0.5, 0.6) is 0 Å². The van der Waals surface area contributed by atoms with Gasteiger partial charge in [0.25, 0.3) is 0 Å². The Morgan fingerprint density at radius 2 is 2.09 bits per heavy atom. The van der Waals surface area contributed by atoms with E-state index in [1.807, 2.05) is 43.6 Å². The van der Waals surface area contributed by atoms with E-state index in [1.165, 1.54) is 35.6 Å². The number of fused-ring (bicyclic) bond motifs is 1. The molecule has 0 radical (unpaired) electrons. The van der Waals surface area contributed by atoms with Crippen LogP contribution in [0.4, 0.5) is 4.79 Å². The summed E-state index contributed by atoms with van der Waals surface area (Å²) in [5.41, 5.74) is 2.05. The van der Waals surface area contributed by atoms with E-state index in [9.17, 15) is 4.79 Å². The highest BCUT2D eigenvalue weighted by molar-refractivity contribution is 7.99. The molecule has 0 atom stereocenters. The molecule has 1 aromatic rings. The summed E-state index contributed by atoms with van der Waals surface area (Å²) in [6, 6.07) is 0.489. The van der Waals surface area contributed by atoms with Gasteiger partial charge in [-0.2, -0.15) is 16.9 Å². The molecule has 122 valence electrons. The number of hydrogen-bond acceptors (Lipinski definition) is 4. The molecule has 0 bridgehead atoms. The monoisotopic (exact) mass is 323 g/mol. The summed E-state index contributed by atoms with van der Waals surface area (Å²) in [6.07, 6.45) is 4.99. The van der Waals surface area contributed by atoms with Gasteiger partial charge in [0.15, 0.2) is 0 Å². The SMILES string of the molecule is CC(C)(C)OC(=O)N1CCc2cnn(C3CCSCC3)c2C1. The predicted molar refractivity (Wildman–Crippen MR) is 88.2 cm³/mol. The summed E-state index contributed by atoms with van der Waals surface area (Å²) in [4.78, 5) is 14.1. The van der Waals surface area contributed by atoms with E-state index in [4.69, 9.17) is 4.74 Å². The van der Waals surface area contributed by atoms with Gasteiger partial charge < -0.3 is 9.64 Å². The van der Waals surface area contributed by atoms with Gasteiger partial charge in [-0.25, -0.2) is 4.79 Å². The molecule has 3 rings (SSSR count). The molecule has 0 unspecified atom stereocenters. The van der Waals surface area contributed by atoms with E-state index in [0.717, 1.165) is 6.42 Å². The molecule has 1 aromatic heterocycles. The fourth-order valence-electron chi connectivity index (χ4n) is 3.05. The van der Waals surface area contributed by atoms with Crippen LogP contribution < -0.4 is 0 Å². The molecule has 1 fully saturated rings. The van der Waals surface area contributed by atoms with Crippen molar-refractivity contribution < 1.29 is 9.53 Å². The molecular weight excluding hydrogens is 298 g/mol. The minimum atomic E-state index is -0.446. The normalized spacial score (nSPS) is 19.9. The molecule has 0 spiro atoms. The maximum absolute atomic E-state index is 12.3. The molecule has 6 heteroatoms. The van der Waals surface area contributed by atoms with Gasteiger partial charge in [0.2, 0.25) is 0 Å². The largest absolute Gasteiger partial charge is 0.444 e. The van der Waals surface area contributed by atoms with E-state index in [2.05, 4.69) is 9.78 Å². The molecule has 0 N–H and O–H groups in total. The van der Waals surface area contributed by atoms with Gasteiger partial charge in [-0.3, -0.25) is 4.68 Å². The van der Waals surface area contributed by atoms with E-state index in [-0.39, 0.29) is 6.09 Å². The molecule has 1 amide bonds. The van der Waals surface area contributed by atoms with Crippen LogP contribution in [0.15, 0.2) is 6.20 Å². The first-order chi connectivity index (χ1) is 10.4. The Bertz CT molecular complexity index is 544. The zero-order chi connectivity index (χ0) is 15.7. The second kappa shape index (κ2) is 6.14. The second-order valence-corrected chi connectivity index (χ2v) is 8.28. The Balaban J connectivity index is 1.74. The number of carbonyl (C=O) groups is 1. The molecule has 22 heavy (non-hydrogen) atoms. The lowest BCUT2D eigenvalue weighted by atomic mass is 10.1. The highest BCUT2D eigenvalue weighted by atomic mass is 32.2. The molecule has 2 aliphatic heterocycles. The van der Waals surface area contributed by atoms with Crippen LogP contribution in [-0.4, -0.2) is 44.4 Å². The second-order valence-electron chi connectivity index (χ2n) is 7.06. The summed E-state index contributed by atoms with van der Waals surface area (Å²) < 4.78 is 7.68. The van der Waals surface area contributed by atoms with Crippen LogP contribution in [-0.2, 0) is 17.7 Å². The van der Waals surface area contributed by atoms with Gasteiger partial charge in [-0.15, -0.1) is 0 Å². The fourth-order valence-corrected chi connectivity index (χ4v) is 4.13. The molecule has 5 nitrogen and oxygen atoms in total. The first-order valence-electron chi connectivity index (χ1n) is 8.05. The van der Waals surface area contributed by atoms with Gasteiger partial charge in [-0.05, 0) is 57.1 Å². The van der Waals surface area contributed by atoms with Crippen molar-refractivity contribution in [1.82, 2.24) is 14.7 Å². The Labute approximate surface area is 136 Å². The average molecular weight is 323 g/mol. The average Bonchev–Trinajstić information content (AvgIpc) is 2.89. The molecule has 3 heterocycles. The number of thioether (sulfide) groups is 1. The molecule has 0 aliphatic carbocycles. The third-order valence-electron chi connectivity index (χ3n) is 4.17. The molecule has 0 aromatic carbocycles. The summed E-state index contributed by atoms with van der Waals surface area (Å²) in [7, 11) is 0. The maximum Gasteiger partial charge on any atom is 0.410 e. The van der Waals surface area contributed by atoms with Crippen molar-refractivity contribution in [3.05, 3.63) is 17.5 Å². The van der Waals surface area contributed by atoms with E-state index in [0.29, 0.717) is 19.1 Å². The van der Waals surface area contributed by atoms with Gasteiger partial charge in [0.05, 0.1) is 24.5 Å². The minimum absolute atomic E-state index is 0.218. The zero-order valence-corrected chi connectivity index (χ0v) is 14.5. The van der Waals surface area contributed by atoms with Gasteiger partial charge in [0.1, 0.15) is 5.60 Å². The quantitative estimate of drug-likeness (QED) is 0.796. The van der Waals surface area contributed by atoms with Crippen molar-refractivity contribution in [3.8, 4) is 0 Å². The van der Waals surface area contributed by atoms with Crippen LogP contribution in [0.1, 0.15) is 50.9 Å². The minimum Gasteiger partial charge on any atom is -0.444 e. The third-order valence-corrected chi connectivity index (χ3v) is 5.21. The molecule has 1 saturated heterocycles. The summed E-state index contributed by atoms with van der Waals surface area (Å²) in [5.74, 6) is 2.41. The van der Waals surface area contributed by atoms with Crippen LogP contribution in [0, 0.1) is 0 Å². The standard InChI is InChI=1S/C16H25N3O2S/c1-16(2,3)21-15(20)18-7-4-12-10-17-19(14(12)11-18)13-5-8-22-9-6-13/h10,13H,4-9,11H2,1-3H3.